The van der Waals surface area contributed by atoms with Crippen LogP contribution in [-0.2, 0) is 9.53 Å². The molecule has 1 amide bonds. The summed E-state index contributed by atoms with van der Waals surface area (Å²) in [6, 6.07) is 0.0697. The Balaban J connectivity index is 4.48. The molecule has 0 aromatic carbocycles. The highest BCUT2D eigenvalue weighted by molar-refractivity contribution is 5.85. The monoisotopic (exact) mass is 202 g/mol. The van der Waals surface area contributed by atoms with Crippen molar-refractivity contribution in [2.45, 2.75) is 39.3 Å². The lowest BCUT2D eigenvalue weighted by molar-refractivity contribution is -0.138. The van der Waals surface area contributed by atoms with Gasteiger partial charge in [-0.1, -0.05) is 0 Å². The number of nitrogens with two attached hydrogens (primary N) is 1. The Kier molecular flexibility index (Phi) is 5.08. The van der Waals surface area contributed by atoms with Gasteiger partial charge in [-0.2, -0.15) is 0 Å². The average Bonchev–Trinajstić information content (AvgIpc) is 2.04. The zero-order valence-electron chi connectivity index (χ0n) is 9.83. The van der Waals surface area contributed by atoms with Crippen molar-refractivity contribution in [3.8, 4) is 0 Å². The highest BCUT2D eigenvalue weighted by Crippen LogP contribution is 2.08. The molecule has 0 rings (SSSR count). The van der Waals surface area contributed by atoms with E-state index in [1.165, 1.54) is 0 Å². The molecule has 0 spiro atoms. The fourth-order valence-electron chi connectivity index (χ4n) is 1.36. The summed E-state index contributed by atoms with van der Waals surface area (Å²) in [5.74, 6) is -0.0375. The molecule has 1 unspecified atom stereocenters. The molecule has 4 heteroatoms. The molecule has 14 heavy (non-hydrogen) atoms. The molecule has 0 bridgehead atoms. The first-order valence-electron chi connectivity index (χ1n) is 4.93. The molecule has 84 valence electrons. The summed E-state index contributed by atoms with van der Waals surface area (Å²) in [7, 11) is 1.63. The first-order valence-corrected chi connectivity index (χ1v) is 4.93. The molecule has 0 fully saturated rings. The summed E-state index contributed by atoms with van der Waals surface area (Å²) in [5.41, 5.74) is 4.95. The maximum atomic E-state index is 11.9. The topological polar surface area (TPSA) is 55.6 Å². The highest BCUT2D eigenvalue weighted by atomic mass is 16.5. The number of ether oxygens (including phenoxy) is 1. The molecule has 0 aliphatic heterocycles. The van der Waals surface area contributed by atoms with E-state index in [2.05, 4.69) is 0 Å². The zero-order valence-corrected chi connectivity index (χ0v) is 9.83. The second-order valence-corrected chi connectivity index (χ2v) is 4.12. The highest BCUT2D eigenvalue weighted by Gasteiger charge is 2.29. The molecule has 0 aromatic rings. The van der Waals surface area contributed by atoms with Crippen LogP contribution in [0.15, 0.2) is 0 Å². The van der Waals surface area contributed by atoms with Crippen LogP contribution < -0.4 is 5.73 Å². The summed E-state index contributed by atoms with van der Waals surface area (Å²) in [6.45, 7) is 8.53. The summed E-state index contributed by atoms with van der Waals surface area (Å²) >= 11 is 0. The van der Waals surface area contributed by atoms with Crippen LogP contribution in [-0.4, -0.2) is 42.6 Å². The number of hydrogen-bond acceptors (Lipinski definition) is 3. The summed E-state index contributed by atoms with van der Waals surface area (Å²) in [6.07, 6.45) is 0. The predicted molar refractivity (Wildman–Crippen MR) is 57.0 cm³/mol. The van der Waals surface area contributed by atoms with Crippen LogP contribution in [0.4, 0.5) is 0 Å². The van der Waals surface area contributed by atoms with Crippen molar-refractivity contribution >= 4 is 5.91 Å². The van der Waals surface area contributed by atoms with Crippen molar-refractivity contribution in [2.24, 2.45) is 5.73 Å². The van der Waals surface area contributed by atoms with E-state index < -0.39 is 5.54 Å². The van der Waals surface area contributed by atoms with Crippen molar-refractivity contribution < 1.29 is 9.53 Å². The average molecular weight is 202 g/mol. The number of carbonyl (C=O) groups excluding carboxylic acids is 1. The van der Waals surface area contributed by atoms with Gasteiger partial charge in [-0.05, 0) is 27.7 Å². The second kappa shape index (κ2) is 5.32. The predicted octanol–water partition coefficient (Wildman–Crippen LogP) is 0.607. The van der Waals surface area contributed by atoms with Gasteiger partial charge < -0.3 is 15.4 Å². The van der Waals surface area contributed by atoms with E-state index in [0.717, 1.165) is 0 Å². The van der Waals surface area contributed by atoms with Crippen LogP contribution in [0.1, 0.15) is 27.7 Å². The minimum atomic E-state index is -0.808. The number of hydrogen-bond donors (Lipinski definition) is 1. The Bertz CT molecular complexity index is 187. The maximum absolute atomic E-state index is 11.9. The van der Waals surface area contributed by atoms with Gasteiger partial charge in [0.25, 0.3) is 0 Å². The number of likely N-dealkylation sites (N-methyl/N-ethyl adjacent to an activating group) is 1. The molecule has 0 radical (unpaired) electrons. The largest absolute Gasteiger partial charge is 0.383 e. The van der Waals surface area contributed by atoms with Crippen LogP contribution in [0.5, 0.6) is 0 Å². The lowest BCUT2D eigenvalue weighted by Gasteiger charge is -2.32. The summed E-state index contributed by atoms with van der Waals surface area (Å²) in [5, 5.41) is 0. The van der Waals surface area contributed by atoms with Gasteiger partial charge in [0.05, 0.1) is 18.2 Å². The third-order valence-corrected chi connectivity index (χ3v) is 2.09. The smallest absolute Gasteiger partial charge is 0.242 e. The number of methoxy groups -OCH3 is 1. The molecule has 0 aromatic heterocycles. The lowest BCUT2D eigenvalue weighted by Crippen LogP contribution is -2.54. The van der Waals surface area contributed by atoms with Crippen molar-refractivity contribution in [1.82, 2.24) is 4.90 Å². The van der Waals surface area contributed by atoms with Gasteiger partial charge in [-0.15, -0.1) is 0 Å². The van der Waals surface area contributed by atoms with Gasteiger partial charge in [-0.25, -0.2) is 0 Å². The second-order valence-electron chi connectivity index (χ2n) is 4.12. The van der Waals surface area contributed by atoms with E-state index in [-0.39, 0.29) is 11.9 Å². The molecular formula is C10H22N2O2. The first kappa shape index (κ1) is 13.4. The maximum Gasteiger partial charge on any atom is 0.242 e. The van der Waals surface area contributed by atoms with Crippen molar-refractivity contribution in [3.63, 3.8) is 0 Å². The van der Waals surface area contributed by atoms with Gasteiger partial charge in [-0.3, -0.25) is 4.79 Å². The minimum Gasteiger partial charge on any atom is -0.383 e. The van der Waals surface area contributed by atoms with Crippen LogP contribution >= 0.6 is 0 Å². The van der Waals surface area contributed by atoms with Crippen molar-refractivity contribution in [2.75, 3.05) is 20.3 Å². The van der Waals surface area contributed by atoms with E-state index in [0.29, 0.717) is 13.2 Å². The van der Waals surface area contributed by atoms with Crippen molar-refractivity contribution in [3.05, 3.63) is 0 Å². The van der Waals surface area contributed by atoms with E-state index in [1.807, 2.05) is 13.8 Å². The van der Waals surface area contributed by atoms with Gasteiger partial charge in [0.1, 0.15) is 0 Å². The molecular weight excluding hydrogens is 180 g/mol. The Morgan fingerprint density at radius 1 is 1.57 bits per heavy atom. The SMILES string of the molecule is CCN(C(=O)C(C)(C)N)C(C)COC. The van der Waals surface area contributed by atoms with E-state index in [9.17, 15) is 4.79 Å². The molecule has 1 atom stereocenters. The fourth-order valence-corrected chi connectivity index (χ4v) is 1.36. The van der Waals surface area contributed by atoms with Crippen LogP contribution in [0.25, 0.3) is 0 Å². The van der Waals surface area contributed by atoms with Gasteiger partial charge >= 0.3 is 0 Å². The van der Waals surface area contributed by atoms with Crippen LogP contribution in [0.3, 0.4) is 0 Å². The third kappa shape index (κ3) is 3.64. The van der Waals surface area contributed by atoms with E-state index >= 15 is 0 Å². The molecule has 2 N–H and O–H groups in total. The Morgan fingerprint density at radius 3 is 2.36 bits per heavy atom. The molecule has 0 heterocycles. The molecule has 0 aliphatic carbocycles. The van der Waals surface area contributed by atoms with Gasteiger partial charge in [0, 0.05) is 13.7 Å². The van der Waals surface area contributed by atoms with E-state index in [4.69, 9.17) is 10.5 Å². The number of amides is 1. The standard InChI is InChI=1S/C10H22N2O2/c1-6-12(8(2)7-14-5)9(13)10(3,4)11/h8H,6-7,11H2,1-5H3. The van der Waals surface area contributed by atoms with Crippen molar-refractivity contribution in [1.29, 1.82) is 0 Å². The van der Waals surface area contributed by atoms with Gasteiger partial charge in [0.15, 0.2) is 0 Å². The molecule has 0 aliphatic rings. The Labute approximate surface area is 86.4 Å². The molecule has 0 saturated heterocycles. The van der Waals surface area contributed by atoms with Gasteiger partial charge in [0.2, 0.25) is 5.91 Å². The summed E-state index contributed by atoms with van der Waals surface area (Å²) in [4.78, 5) is 13.6. The van der Waals surface area contributed by atoms with Crippen LogP contribution in [0.2, 0.25) is 0 Å². The minimum absolute atomic E-state index is 0.0375. The Hall–Kier alpha value is -0.610. The third-order valence-electron chi connectivity index (χ3n) is 2.09. The van der Waals surface area contributed by atoms with E-state index in [1.54, 1.807) is 25.9 Å². The molecule has 0 saturated carbocycles. The number of rotatable bonds is 5. The lowest BCUT2D eigenvalue weighted by atomic mass is 10.0. The normalized spacial score (nSPS) is 13.9. The fraction of sp³-hybridized carbons (Fsp3) is 0.900. The zero-order chi connectivity index (χ0) is 11.4. The van der Waals surface area contributed by atoms with Crippen LogP contribution in [0, 0.1) is 0 Å². The summed E-state index contributed by atoms with van der Waals surface area (Å²) < 4.78 is 5.01. The Morgan fingerprint density at radius 2 is 2.07 bits per heavy atom. The molecule has 4 nitrogen and oxygen atoms in total. The first-order chi connectivity index (χ1) is 6.34. The number of carbonyl (C=O) groups is 1. The number of nitrogens with zero attached hydrogens (tertiary/aromatic N) is 1. The quantitative estimate of drug-likeness (QED) is 0.710.